The molecule has 1 aliphatic carbocycles. The number of anilines is 1. The molecule has 0 radical (unpaired) electrons. The molecular formula is C15H21N3O2. The van der Waals surface area contributed by atoms with Gasteiger partial charge in [0.2, 0.25) is 5.91 Å². The van der Waals surface area contributed by atoms with Gasteiger partial charge in [0.15, 0.2) is 0 Å². The number of nitrogens with one attached hydrogen (secondary N) is 3. The van der Waals surface area contributed by atoms with E-state index in [2.05, 4.69) is 16.0 Å². The Morgan fingerprint density at radius 3 is 2.70 bits per heavy atom. The van der Waals surface area contributed by atoms with Crippen LogP contribution in [-0.2, 0) is 4.79 Å². The van der Waals surface area contributed by atoms with Crippen LogP contribution in [0.2, 0.25) is 0 Å². The summed E-state index contributed by atoms with van der Waals surface area (Å²) in [6, 6.07) is 7.03. The lowest BCUT2D eigenvalue weighted by Gasteiger charge is -2.11. The largest absolute Gasteiger partial charge is 0.352 e. The summed E-state index contributed by atoms with van der Waals surface area (Å²) in [5.41, 5.74) is 1.04. The van der Waals surface area contributed by atoms with Crippen LogP contribution in [0.1, 0.15) is 30.1 Å². The van der Waals surface area contributed by atoms with Gasteiger partial charge in [0.05, 0.1) is 17.8 Å². The zero-order chi connectivity index (χ0) is 14.4. The number of para-hydroxylation sites is 1. The summed E-state index contributed by atoms with van der Waals surface area (Å²) in [4.78, 5) is 23.7. The second-order valence-corrected chi connectivity index (χ2v) is 5.03. The number of rotatable bonds is 7. The highest BCUT2D eigenvalue weighted by Crippen LogP contribution is 2.27. The van der Waals surface area contributed by atoms with Crippen molar-refractivity contribution in [2.45, 2.75) is 19.8 Å². The van der Waals surface area contributed by atoms with Crippen molar-refractivity contribution in [1.29, 1.82) is 0 Å². The van der Waals surface area contributed by atoms with E-state index in [9.17, 15) is 9.59 Å². The molecule has 0 aliphatic heterocycles. The van der Waals surface area contributed by atoms with Crippen LogP contribution in [-0.4, -0.2) is 31.4 Å². The second kappa shape index (κ2) is 7.05. The standard InChI is InChI=1S/C15H21N3O2/c1-2-17-15(20)12-5-3-4-6-13(12)18-14(19)10-16-9-11-7-8-11/h3-6,11,16H,2,7-10H2,1H3,(H,17,20)(H,18,19). The average molecular weight is 275 g/mol. The van der Waals surface area contributed by atoms with Gasteiger partial charge in [0, 0.05) is 6.54 Å². The Balaban J connectivity index is 1.89. The van der Waals surface area contributed by atoms with E-state index >= 15 is 0 Å². The third kappa shape index (κ3) is 4.35. The maximum atomic E-state index is 11.9. The molecule has 20 heavy (non-hydrogen) atoms. The first-order valence-corrected chi connectivity index (χ1v) is 7.08. The maximum Gasteiger partial charge on any atom is 0.253 e. The summed E-state index contributed by atoms with van der Waals surface area (Å²) in [7, 11) is 0. The van der Waals surface area contributed by atoms with E-state index in [1.165, 1.54) is 12.8 Å². The maximum absolute atomic E-state index is 11.9. The van der Waals surface area contributed by atoms with E-state index in [1.54, 1.807) is 24.3 Å². The van der Waals surface area contributed by atoms with Crippen molar-refractivity contribution in [1.82, 2.24) is 10.6 Å². The van der Waals surface area contributed by atoms with E-state index in [-0.39, 0.29) is 18.4 Å². The Kier molecular flexibility index (Phi) is 5.12. The average Bonchev–Trinajstić information content (AvgIpc) is 3.24. The second-order valence-electron chi connectivity index (χ2n) is 5.03. The third-order valence-electron chi connectivity index (χ3n) is 3.20. The van der Waals surface area contributed by atoms with Gasteiger partial charge in [-0.1, -0.05) is 12.1 Å². The normalized spacial score (nSPS) is 13.8. The number of hydrogen-bond donors (Lipinski definition) is 3. The molecule has 1 fully saturated rings. The molecule has 2 amide bonds. The van der Waals surface area contributed by atoms with Crippen molar-refractivity contribution < 1.29 is 9.59 Å². The summed E-state index contributed by atoms with van der Waals surface area (Å²) in [5.74, 6) is 0.446. The lowest BCUT2D eigenvalue weighted by molar-refractivity contribution is -0.115. The molecular weight excluding hydrogens is 254 g/mol. The topological polar surface area (TPSA) is 70.2 Å². The van der Waals surface area contributed by atoms with Crippen LogP contribution in [0.25, 0.3) is 0 Å². The van der Waals surface area contributed by atoms with Gasteiger partial charge >= 0.3 is 0 Å². The van der Waals surface area contributed by atoms with Crippen LogP contribution in [0.5, 0.6) is 0 Å². The van der Waals surface area contributed by atoms with Crippen molar-refractivity contribution in [2.24, 2.45) is 5.92 Å². The molecule has 0 atom stereocenters. The molecule has 108 valence electrons. The van der Waals surface area contributed by atoms with Gasteiger partial charge < -0.3 is 16.0 Å². The Hall–Kier alpha value is -1.88. The Bertz CT molecular complexity index is 484. The van der Waals surface area contributed by atoms with Gasteiger partial charge in [-0.25, -0.2) is 0 Å². The van der Waals surface area contributed by atoms with Crippen LogP contribution in [0.15, 0.2) is 24.3 Å². The van der Waals surface area contributed by atoms with E-state index in [1.807, 2.05) is 6.92 Å². The molecule has 0 saturated heterocycles. The van der Waals surface area contributed by atoms with Gasteiger partial charge in [-0.15, -0.1) is 0 Å². The fraction of sp³-hybridized carbons (Fsp3) is 0.467. The quantitative estimate of drug-likeness (QED) is 0.704. The molecule has 0 heterocycles. The monoisotopic (exact) mass is 275 g/mol. The SMILES string of the molecule is CCNC(=O)c1ccccc1NC(=O)CNCC1CC1. The number of amides is 2. The molecule has 1 saturated carbocycles. The predicted molar refractivity (Wildman–Crippen MR) is 78.7 cm³/mol. The fourth-order valence-corrected chi connectivity index (χ4v) is 1.95. The highest BCUT2D eigenvalue weighted by atomic mass is 16.2. The van der Waals surface area contributed by atoms with Gasteiger partial charge in [-0.05, 0) is 44.4 Å². The molecule has 1 aromatic rings. The Morgan fingerprint density at radius 2 is 2.00 bits per heavy atom. The first-order valence-electron chi connectivity index (χ1n) is 7.08. The van der Waals surface area contributed by atoms with Crippen molar-refractivity contribution in [3.63, 3.8) is 0 Å². The first kappa shape index (κ1) is 14.5. The highest BCUT2D eigenvalue weighted by Gasteiger charge is 2.20. The van der Waals surface area contributed by atoms with Crippen molar-refractivity contribution in [2.75, 3.05) is 25.0 Å². The minimum atomic E-state index is -0.172. The Morgan fingerprint density at radius 1 is 1.25 bits per heavy atom. The smallest absolute Gasteiger partial charge is 0.253 e. The van der Waals surface area contributed by atoms with Crippen LogP contribution < -0.4 is 16.0 Å². The van der Waals surface area contributed by atoms with Crippen molar-refractivity contribution >= 4 is 17.5 Å². The molecule has 1 aromatic carbocycles. The predicted octanol–water partition coefficient (Wildman–Crippen LogP) is 1.37. The van der Waals surface area contributed by atoms with Crippen molar-refractivity contribution in [3.05, 3.63) is 29.8 Å². The van der Waals surface area contributed by atoms with Gasteiger partial charge in [0.25, 0.3) is 5.91 Å². The van der Waals surface area contributed by atoms with E-state index < -0.39 is 0 Å². The van der Waals surface area contributed by atoms with E-state index in [0.29, 0.717) is 17.8 Å². The summed E-state index contributed by atoms with van der Waals surface area (Å²) in [6.07, 6.45) is 2.52. The number of benzene rings is 1. The van der Waals surface area contributed by atoms with Gasteiger partial charge in [0.1, 0.15) is 0 Å². The molecule has 5 heteroatoms. The highest BCUT2D eigenvalue weighted by molar-refractivity contribution is 6.04. The van der Waals surface area contributed by atoms with Gasteiger partial charge in [-0.2, -0.15) is 0 Å². The number of hydrogen-bond acceptors (Lipinski definition) is 3. The van der Waals surface area contributed by atoms with E-state index in [4.69, 9.17) is 0 Å². The molecule has 0 bridgehead atoms. The molecule has 0 aromatic heterocycles. The molecule has 0 spiro atoms. The lowest BCUT2D eigenvalue weighted by Crippen LogP contribution is -2.30. The van der Waals surface area contributed by atoms with Crippen LogP contribution in [0.3, 0.4) is 0 Å². The zero-order valence-corrected chi connectivity index (χ0v) is 11.7. The van der Waals surface area contributed by atoms with Crippen molar-refractivity contribution in [3.8, 4) is 0 Å². The number of carbonyl (C=O) groups is 2. The first-order chi connectivity index (χ1) is 9.70. The third-order valence-corrected chi connectivity index (χ3v) is 3.20. The minimum absolute atomic E-state index is 0.123. The molecule has 0 unspecified atom stereocenters. The molecule has 5 nitrogen and oxygen atoms in total. The molecule has 3 N–H and O–H groups in total. The summed E-state index contributed by atoms with van der Waals surface area (Å²) < 4.78 is 0. The van der Waals surface area contributed by atoms with Crippen LogP contribution in [0, 0.1) is 5.92 Å². The lowest BCUT2D eigenvalue weighted by atomic mass is 10.1. The summed E-state index contributed by atoms with van der Waals surface area (Å²) in [6.45, 7) is 3.59. The van der Waals surface area contributed by atoms with Gasteiger partial charge in [-0.3, -0.25) is 9.59 Å². The Labute approximate surface area is 119 Å². The van der Waals surface area contributed by atoms with E-state index in [0.717, 1.165) is 12.5 Å². The van der Waals surface area contributed by atoms with Crippen LogP contribution in [0.4, 0.5) is 5.69 Å². The summed E-state index contributed by atoms with van der Waals surface area (Å²) >= 11 is 0. The summed E-state index contributed by atoms with van der Waals surface area (Å²) in [5, 5.41) is 8.65. The molecule has 2 rings (SSSR count). The number of carbonyl (C=O) groups excluding carboxylic acids is 2. The zero-order valence-electron chi connectivity index (χ0n) is 11.7. The van der Waals surface area contributed by atoms with Crippen LogP contribution >= 0.6 is 0 Å². The fourth-order valence-electron chi connectivity index (χ4n) is 1.95. The minimum Gasteiger partial charge on any atom is -0.352 e. The molecule has 1 aliphatic rings.